The summed E-state index contributed by atoms with van der Waals surface area (Å²) in [6.45, 7) is 3.91. The predicted molar refractivity (Wildman–Crippen MR) is 56.4 cm³/mol. The zero-order chi connectivity index (χ0) is 10.7. The van der Waals surface area contributed by atoms with Crippen molar-refractivity contribution in [1.82, 2.24) is 0 Å². The number of methoxy groups -OCH3 is 1. The van der Waals surface area contributed by atoms with Gasteiger partial charge >= 0.3 is 5.97 Å². The maximum absolute atomic E-state index is 12.0. The van der Waals surface area contributed by atoms with Gasteiger partial charge in [-0.3, -0.25) is 9.00 Å². The van der Waals surface area contributed by atoms with Crippen molar-refractivity contribution in [2.24, 2.45) is 5.92 Å². The van der Waals surface area contributed by atoms with Gasteiger partial charge in [0.05, 0.1) is 7.11 Å². The van der Waals surface area contributed by atoms with Crippen LogP contribution in [0.25, 0.3) is 0 Å². The molecule has 1 fully saturated rings. The number of rotatable bonds is 5. The van der Waals surface area contributed by atoms with Gasteiger partial charge in [0.1, 0.15) is 5.25 Å². The Morgan fingerprint density at radius 2 is 2.14 bits per heavy atom. The van der Waals surface area contributed by atoms with Gasteiger partial charge in [0.15, 0.2) is 0 Å². The van der Waals surface area contributed by atoms with E-state index in [1.165, 1.54) is 7.11 Å². The van der Waals surface area contributed by atoms with E-state index in [9.17, 15) is 9.00 Å². The van der Waals surface area contributed by atoms with Gasteiger partial charge < -0.3 is 4.74 Å². The molecule has 0 spiro atoms. The monoisotopic (exact) mass is 218 g/mol. The van der Waals surface area contributed by atoms with Crippen molar-refractivity contribution in [2.45, 2.75) is 43.6 Å². The van der Waals surface area contributed by atoms with Crippen LogP contribution in [0, 0.1) is 5.92 Å². The molecule has 0 heterocycles. The lowest BCUT2D eigenvalue weighted by atomic mass is 10.3. The molecule has 0 bridgehead atoms. The van der Waals surface area contributed by atoms with Crippen LogP contribution in [0.2, 0.25) is 0 Å². The molecule has 0 aliphatic heterocycles. The van der Waals surface area contributed by atoms with E-state index in [0.717, 1.165) is 19.3 Å². The summed E-state index contributed by atoms with van der Waals surface area (Å²) < 4.78 is 16.7. The lowest BCUT2D eigenvalue weighted by Gasteiger charge is -2.17. The molecule has 0 amide bonds. The van der Waals surface area contributed by atoms with E-state index in [1.54, 1.807) is 0 Å². The van der Waals surface area contributed by atoms with Gasteiger partial charge in [0, 0.05) is 16.0 Å². The predicted octanol–water partition coefficient (Wildman–Crippen LogP) is 1.49. The largest absolute Gasteiger partial charge is 0.468 e. The van der Waals surface area contributed by atoms with Crippen LogP contribution in [0.1, 0.15) is 33.1 Å². The molecule has 4 heteroatoms. The molecule has 3 unspecified atom stereocenters. The van der Waals surface area contributed by atoms with Crippen molar-refractivity contribution in [3.05, 3.63) is 0 Å². The molecule has 0 aromatic heterocycles. The van der Waals surface area contributed by atoms with Crippen molar-refractivity contribution in [3.8, 4) is 0 Å². The van der Waals surface area contributed by atoms with Gasteiger partial charge in [-0.2, -0.15) is 0 Å². The zero-order valence-corrected chi connectivity index (χ0v) is 9.80. The Kier molecular flexibility index (Phi) is 4.11. The molecular formula is C10H18O3S. The minimum Gasteiger partial charge on any atom is -0.468 e. The maximum atomic E-state index is 12.0. The second-order valence-corrected chi connectivity index (χ2v) is 5.80. The highest BCUT2D eigenvalue weighted by Crippen LogP contribution is 2.37. The molecule has 3 atom stereocenters. The van der Waals surface area contributed by atoms with Crippen LogP contribution < -0.4 is 0 Å². The first-order valence-corrected chi connectivity index (χ1v) is 6.36. The third-order valence-corrected chi connectivity index (χ3v) is 4.91. The second-order valence-electron chi connectivity index (χ2n) is 3.83. The van der Waals surface area contributed by atoms with Crippen LogP contribution in [0.5, 0.6) is 0 Å². The minimum absolute atomic E-state index is 0.0831. The van der Waals surface area contributed by atoms with Gasteiger partial charge in [-0.15, -0.1) is 0 Å². The first-order valence-electron chi connectivity index (χ1n) is 5.09. The van der Waals surface area contributed by atoms with Crippen LogP contribution in [-0.4, -0.2) is 27.8 Å². The fraction of sp³-hybridized carbons (Fsp3) is 0.900. The van der Waals surface area contributed by atoms with Crippen molar-refractivity contribution >= 4 is 16.8 Å². The van der Waals surface area contributed by atoms with Gasteiger partial charge in [-0.1, -0.05) is 13.8 Å². The Hall–Kier alpha value is -0.380. The standard InChI is InChI=1S/C10H18O3S/c1-4-7(2)14(12)9(8-5-6-8)10(11)13-3/h7-9H,4-6H2,1-3H3. The number of ether oxygens (including phenoxy) is 1. The van der Waals surface area contributed by atoms with Gasteiger partial charge in [-0.05, 0) is 25.2 Å². The van der Waals surface area contributed by atoms with E-state index in [1.807, 2.05) is 13.8 Å². The first-order chi connectivity index (χ1) is 6.61. The Morgan fingerprint density at radius 1 is 1.57 bits per heavy atom. The van der Waals surface area contributed by atoms with Gasteiger partial charge in [0.2, 0.25) is 0 Å². The van der Waals surface area contributed by atoms with Crippen molar-refractivity contribution in [1.29, 1.82) is 0 Å². The van der Waals surface area contributed by atoms with Crippen LogP contribution in [0.3, 0.4) is 0 Å². The molecule has 1 aliphatic carbocycles. The molecule has 0 aromatic carbocycles. The average Bonchev–Trinajstić information content (AvgIpc) is 3.00. The molecule has 1 rings (SSSR count). The highest BCUT2D eigenvalue weighted by atomic mass is 32.2. The zero-order valence-electron chi connectivity index (χ0n) is 8.99. The summed E-state index contributed by atoms with van der Waals surface area (Å²) >= 11 is 0. The Bertz CT molecular complexity index is 236. The lowest BCUT2D eigenvalue weighted by Crippen LogP contribution is -2.34. The van der Waals surface area contributed by atoms with Crippen LogP contribution in [0.4, 0.5) is 0 Å². The third-order valence-electron chi connectivity index (χ3n) is 2.71. The Morgan fingerprint density at radius 3 is 2.50 bits per heavy atom. The van der Waals surface area contributed by atoms with E-state index < -0.39 is 10.8 Å². The number of hydrogen-bond acceptors (Lipinski definition) is 3. The summed E-state index contributed by atoms with van der Waals surface area (Å²) in [6.07, 6.45) is 2.87. The van der Waals surface area contributed by atoms with Crippen LogP contribution >= 0.6 is 0 Å². The summed E-state index contributed by atoms with van der Waals surface area (Å²) in [7, 11) is 0.292. The van der Waals surface area contributed by atoms with E-state index >= 15 is 0 Å². The molecule has 0 saturated heterocycles. The molecule has 0 N–H and O–H groups in total. The molecule has 3 nitrogen and oxygen atoms in total. The fourth-order valence-corrected chi connectivity index (χ4v) is 3.17. The topological polar surface area (TPSA) is 43.4 Å². The molecule has 82 valence electrons. The number of esters is 1. The van der Waals surface area contributed by atoms with Crippen LogP contribution in [0.15, 0.2) is 0 Å². The second kappa shape index (κ2) is 4.91. The molecular weight excluding hydrogens is 200 g/mol. The molecule has 0 aromatic rings. The highest BCUT2D eigenvalue weighted by molar-refractivity contribution is 7.87. The van der Waals surface area contributed by atoms with E-state index in [4.69, 9.17) is 4.74 Å². The van der Waals surface area contributed by atoms with Crippen molar-refractivity contribution < 1.29 is 13.7 Å². The number of carbonyl (C=O) groups excluding carboxylic acids is 1. The molecule has 0 radical (unpaired) electrons. The summed E-state index contributed by atoms with van der Waals surface area (Å²) in [5, 5.41) is -0.297. The van der Waals surface area contributed by atoms with E-state index in [0.29, 0.717) is 5.92 Å². The van der Waals surface area contributed by atoms with Gasteiger partial charge in [0.25, 0.3) is 0 Å². The maximum Gasteiger partial charge on any atom is 0.321 e. The van der Waals surface area contributed by atoms with Crippen molar-refractivity contribution in [2.75, 3.05) is 7.11 Å². The van der Waals surface area contributed by atoms with Gasteiger partial charge in [-0.25, -0.2) is 0 Å². The van der Waals surface area contributed by atoms with E-state index in [2.05, 4.69) is 0 Å². The Balaban J connectivity index is 2.66. The SMILES string of the molecule is CCC(C)S(=O)C(C(=O)OC)C1CC1. The quantitative estimate of drug-likeness (QED) is 0.657. The Labute approximate surface area is 87.7 Å². The minimum atomic E-state index is -1.07. The van der Waals surface area contributed by atoms with Crippen molar-refractivity contribution in [3.63, 3.8) is 0 Å². The normalized spacial score (nSPS) is 22.5. The summed E-state index contributed by atoms with van der Waals surface area (Å²) in [5.74, 6) is 0.00316. The first kappa shape index (κ1) is 11.7. The highest BCUT2D eigenvalue weighted by Gasteiger charge is 2.42. The number of hydrogen-bond donors (Lipinski definition) is 0. The lowest BCUT2D eigenvalue weighted by molar-refractivity contribution is -0.140. The summed E-state index contributed by atoms with van der Waals surface area (Å²) in [5.41, 5.74) is 0. The smallest absolute Gasteiger partial charge is 0.321 e. The fourth-order valence-electron chi connectivity index (χ4n) is 1.41. The summed E-state index contributed by atoms with van der Waals surface area (Å²) in [6, 6.07) is 0. The molecule has 1 aliphatic rings. The molecule has 14 heavy (non-hydrogen) atoms. The average molecular weight is 218 g/mol. The molecule has 1 saturated carbocycles. The van der Waals surface area contributed by atoms with E-state index in [-0.39, 0.29) is 16.5 Å². The summed E-state index contributed by atoms with van der Waals surface area (Å²) in [4.78, 5) is 11.4. The number of carbonyl (C=O) groups is 1. The van der Waals surface area contributed by atoms with Crippen LogP contribution in [-0.2, 0) is 20.3 Å². The third kappa shape index (κ3) is 2.56.